The Morgan fingerprint density at radius 3 is 2.35 bits per heavy atom. The number of rotatable bonds is 9. The maximum atomic E-state index is 14.0. The molecule has 1 aliphatic carbocycles. The Morgan fingerprint density at radius 1 is 1.14 bits per heavy atom. The molecule has 0 saturated heterocycles. The summed E-state index contributed by atoms with van der Waals surface area (Å²) < 4.78 is 33.1. The lowest BCUT2D eigenvalue weighted by Crippen LogP contribution is -2.54. The first-order valence-electron chi connectivity index (χ1n) is 12.2. The fraction of sp³-hybridized carbons (Fsp3) is 0.393. The van der Waals surface area contributed by atoms with Crippen LogP contribution in [0.2, 0.25) is 5.02 Å². The molecule has 3 unspecified atom stereocenters. The highest BCUT2D eigenvalue weighted by molar-refractivity contribution is 7.81. The Morgan fingerprint density at radius 2 is 1.78 bits per heavy atom. The quantitative estimate of drug-likeness (QED) is 0.253. The molecular weight excluding hydrogens is 528 g/mol. The van der Waals surface area contributed by atoms with Crippen molar-refractivity contribution in [3.63, 3.8) is 0 Å². The molecule has 1 aliphatic rings. The van der Waals surface area contributed by atoms with Gasteiger partial charge in [-0.3, -0.25) is 8.51 Å². The van der Waals surface area contributed by atoms with Gasteiger partial charge < -0.3 is 14.6 Å². The molecule has 0 spiro atoms. The van der Waals surface area contributed by atoms with Crippen molar-refractivity contribution in [2.75, 3.05) is 10.8 Å². The molecule has 0 bridgehead atoms. The summed E-state index contributed by atoms with van der Waals surface area (Å²) in [6.07, 6.45) is 0.292. The van der Waals surface area contributed by atoms with E-state index in [4.69, 9.17) is 16.3 Å². The lowest BCUT2D eigenvalue weighted by molar-refractivity contribution is -0.158. The molecule has 4 rings (SSSR count). The van der Waals surface area contributed by atoms with Crippen molar-refractivity contribution in [1.29, 1.82) is 0 Å². The number of nitrogens with one attached hydrogen (secondary N) is 1. The topological polar surface area (TPSA) is 81.7 Å². The number of benzene rings is 2. The van der Waals surface area contributed by atoms with E-state index in [1.54, 1.807) is 39.0 Å². The van der Waals surface area contributed by atoms with E-state index >= 15 is 0 Å². The summed E-state index contributed by atoms with van der Waals surface area (Å²) in [4.78, 5) is 14.9. The Kier molecular flexibility index (Phi) is 7.89. The number of thiophene rings is 1. The van der Waals surface area contributed by atoms with Gasteiger partial charge in [0, 0.05) is 39.2 Å². The predicted molar refractivity (Wildman–Crippen MR) is 151 cm³/mol. The van der Waals surface area contributed by atoms with Gasteiger partial charge in [-0.1, -0.05) is 67.9 Å². The molecule has 3 atom stereocenters. The highest BCUT2D eigenvalue weighted by Gasteiger charge is 2.77. The van der Waals surface area contributed by atoms with Crippen LogP contribution in [0, 0.1) is 0 Å². The molecule has 1 saturated carbocycles. The number of ether oxygens (including phenoxy) is 1. The van der Waals surface area contributed by atoms with Crippen LogP contribution in [0.25, 0.3) is 10.4 Å². The lowest BCUT2D eigenvalue weighted by atomic mass is 9.89. The summed E-state index contributed by atoms with van der Waals surface area (Å²) >= 11 is 4.61. The van der Waals surface area contributed by atoms with Crippen molar-refractivity contribution >= 4 is 45.2 Å². The number of carbonyl (C=O) groups is 1. The first-order chi connectivity index (χ1) is 17.4. The van der Waals surface area contributed by atoms with E-state index in [-0.39, 0.29) is 6.04 Å². The third-order valence-corrected chi connectivity index (χ3v) is 8.81. The van der Waals surface area contributed by atoms with Crippen LogP contribution in [0.4, 0.5) is 5.00 Å². The molecule has 1 N–H and O–H groups in total. The first kappa shape index (κ1) is 27.8. The van der Waals surface area contributed by atoms with Gasteiger partial charge in [0.15, 0.2) is 5.54 Å². The SMILES string of the molecule is CC(C)NCC1(c2ccccc2)CC1(C(=O)OC(C)(C)C)N(c1ccc(-c2ccc(Cl)cc2)s1)S(=O)[O-]. The Balaban J connectivity index is 1.86. The first-order valence-corrected chi connectivity index (χ1v) is 14.4. The second kappa shape index (κ2) is 10.5. The van der Waals surface area contributed by atoms with Gasteiger partial charge in [-0.25, -0.2) is 4.79 Å². The third-order valence-electron chi connectivity index (χ3n) is 6.52. The van der Waals surface area contributed by atoms with Crippen molar-refractivity contribution in [2.24, 2.45) is 0 Å². The molecule has 1 fully saturated rings. The van der Waals surface area contributed by atoms with Crippen LogP contribution in [0.3, 0.4) is 0 Å². The third kappa shape index (κ3) is 5.49. The van der Waals surface area contributed by atoms with Gasteiger partial charge >= 0.3 is 5.97 Å². The van der Waals surface area contributed by atoms with E-state index in [1.165, 1.54) is 15.6 Å². The maximum Gasteiger partial charge on any atom is 0.334 e. The Bertz CT molecular complexity index is 1270. The summed E-state index contributed by atoms with van der Waals surface area (Å²) in [6, 6.07) is 20.7. The predicted octanol–water partition coefficient (Wildman–Crippen LogP) is 6.09. The largest absolute Gasteiger partial charge is 0.755 e. The highest BCUT2D eigenvalue weighted by atomic mass is 35.5. The smallest absolute Gasteiger partial charge is 0.334 e. The van der Waals surface area contributed by atoms with Gasteiger partial charge in [0.25, 0.3) is 0 Å². The molecule has 198 valence electrons. The molecule has 6 nitrogen and oxygen atoms in total. The van der Waals surface area contributed by atoms with E-state index in [9.17, 15) is 13.6 Å². The van der Waals surface area contributed by atoms with Gasteiger partial charge in [-0.15, -0.1) is 11.3 Å². The molecule has 0 amide bonds. The van der Waals surface area contributed by atoms with E-state index in [1.807, 2.05) is 62.4 Å². The average molecular weight is 560 g/mol. The zero-order valence-corrected chi connectivity index (χ0v) is 24.0. The van der Waals surface area contributed by atoms with Crippen LogP contribution in [-0.2, 0) is 26.2 Å². The number of halogens is 1. The minimum Gasteiger partial charge on any atom is -0.755 e. The normalized spacial score (nSPS) is 22.1. The summed E-state index contributed by atoms with van der Waals surface area (Å²) in [5.41, 5.74) is -1.25. The van der Waals surface area contributed by atoms with Gasteiger partial charge in [-0.05, 0) is 62.6 Å². The summed E-state index contributed by atoms with van der Waals surface area (Å²) in [5.74, 6) is -0.556. The van der Waals surface area contributed by atoms with Crippen molar-refractivity contribution in [2.45, 2.75) is 63.6 Å². The molecule has 2 aromatic carbocycles. The number of esters is 1. The van der Waals surface area contributed by atoms with Crippen LogP contribution in [-0.4, -0.2) is 38.5 Å². The van der Waals surface area contributed by atoms with Crippen molar-refractivity contribution in [3.05, 3.63) is 77.3 Å². The van der Waals surface area contributed by atoms with Crippen molar-refractivity contribution < 1.29 is 18.3 Å². The zero-order valence-electron chi connectivity index (χ0n) is 21.6. The molecule has 0 aliphatic heterocycles. The monoisotopic (exact) mass is 559 g/mol. The average Bonchev–Trinajstić information content (AvgIpc) is 3.27. The van der Waals surface area contributed by atoms with E-state index in [0.29, 0.717) is 23.0 Å². The number of hydrogen-bond donors (Lipinski definition) is 1. The number of hydrogen-bond acceptors (Lipinski definition) is 6. The van der Waals surface area contributed by atoms with Crippen LogP contribution in [0.1, 0.15) is 46.6 Å². The molecule has 3 aromatic rings. The van der Waals surface area contributed by atoms with Gasteiger partial charge in [0.2, 0.25) is 0 Å². The van der Waals surface area contributed by atoms with Crippen molar-refractivity contribution in [3.8, 4) is 10.4 Å². The molecular formula is C28H32ClN2O4S2-. The van der Waals surface area contributed by atoms with Gasteiger partial charge in [0.05, 0.1) is 0 Å². The van der Waals surface area contributed by atoms with Crippen molar-refractivity contribution in [1.82, 2.24) is 5.32 Å². The van der Waals surface area contributed by atoms with E-state index in [0.717, 1.165) is 16.0 Å². The Labute approximate surface area is 230 Å². The molecule has 1 heterocycles. The molecule has 9 heteroatoms. The van der Waals surface area contributed by atoms with Crippen LogP contribution in [0.5, 0.6) is 0 Å². The number of carbonyl (C=O) groups excluding carboxylic acids is 1. The van der Waals surface area contributed by atoms with Gasteiger partial charge in [-0.2, -0.15) is 0 Å². The summed E-state index contributed by atoms with van der Waals surface area (Å²) in [5, 5.41) is 4.53. The number of nitrogens with zero attached hydrogens (tertiary/aromatic N) is 1. The van der Waals surface area contributed by atoms with Crippen LogP contribution >= 0.6 is 22.9 Å². The maximum absolute atomic E-state index is 14.0. The van der Waals surface area contributed by atoms with Crippen LogP contribution < -0.4 is 9.62 Å². The Hall–Kier alpha value is -2.23. The highest BCUT2D eigenvalue weighted by Crippen LogP contribution is 2.63. The second-order valence-corrected chi connectivity index (χ2v) is 13.0. The molecule has 37 heavy (non-hydrogen) atoms. The molecule has 0 radical (unpaired) electrons. The van der Waals surface area contributed by atoms with Crippen LogP contribution in [0.15, 0.2) is 66.7 Å². The number of anilines is 1. The minimum absolute atomic E-state index is 0.141. The minimum atomic E-state index is -2.75. The van der Waals surface area contributed by atoms with E-state index < -0.39 is 33.8 Å². The summed E-state index contributed by atoms with van der Waals surface area (Å²) in [6.45, 7) is 9.84. The standard InChI is InChI=1S/C28H33ClN2O4S2/c1-19(2)30-18-27(21-9-7-6-8-10-21)17-28(27,25(32)35-26(3,4)5)31(37(33)34)24-16-15-23(36-24)20-11-13-22(29)14-12-20/h6-16,19,30H,17-18H2,1-5H3,(H,33,34)/p-1. The fourth-order valence-corrected chi connectivity index (χ4v) is 6.94. The summed E-state index contributed by atoms with van der Waals surface area (Å²) in [7, 11) is 0. The lowest BCUT2D eigenvalue weighted by Gasteiger charge is -2.38. The molecule has 1 aromatic heterocycles. The second-order valence-electron chi connectivity index (χ2n) is 10.7. The van der Waals surface area contributed by atoms with E-state index in [2.05, 4.69) is 5.32 Å². The fourth-order valence-electron chi connectivity index (χ4n) is 4.75. The zero-order chi connectivity index (χ0) is 27.0. The van der Waals surface area contributed by atoms with Gasteiger partial charge in [0.1, 0.15) is 10.6 Å².